The fourth-order valence-corrected chi connectivity index (χ4v) is 3.59. The lowest BCUT2D eigenvalue weighted by atomic mass is 9.92. The van der Waals surface area contributed by atoms with Crippen molar-refractivity contribution in [2.45, 2.75) is 31.8 Å². The molecule has 7 heteroatoms. The second-order valence-corrected chi connectivity index (χ2v) is 7.31. The predicted octanol–water partition coefficient (Wildman–Crippen LogP) is 1.54. The van der Waals surface area contributed by atoms with Gasteiger partial charge in [0, 0.05) is 31.2 Å². The first-order valence-electron chi connectivity index (χ1n) is 8.10. The summed E-state index contributed by atoms with van der Waals surface area (Å²) in [6.45, 7) is 3.51. The highest BCUT2D eigenvalue weighted by atomic mass is 32.1. The summed E-state index contributed by atoms with van der Waals surface area (Å²) in [5.41, 5.74) is -0.149. The second kappa shape index (κ2) is 7.27. The summed E-state index contributed by atoms with van der Waals surface area (Å²) in [7, 11) is 0. The molecule has 2 aromatic heterocycles. The van der Waals surface area contributed by atoms with Crippen LogP contribution in [-0.2, 0) is 11.2 Å². The first-order valence-corrected chi connectivity index (χ1v) is 8.98. The minimum Gasteiger partial charge on any atom is -0.386 e. The van der Waals surface area contributed by atoms with Gasteiger partial charge in [-0.25, -0.2) is 9.97 Å². The Kier molecular flexibility index (Phi) is 5.11. The number of piperidine rings is 1. The molecule has 0 aliphatic carbocycles. The maximum Gasteiger partial charge on any atom is 0.226 e. The summed E-state index contributed by atoms with van der Waals surface area (Å²) in [5.74, 6) is 0.753. The van der Waals surface area contributed by atoms with Gasteiger partial charge in [0.05, 0.1) is 22.7 Å². The lowest BCUT2D eigenvalue weighted by Gasteiger charge is -2.39. The Labute approximate surface area is 145 Å². The van der Waals surface area contributed by atoms with E-state index in [9.17, 15) is 9.90 Å². The van der Waals surface area contributed by atoms with Crippen LogP contribution in [0.1, 0.15) is 23.5 Å². The highest BCUT2D eigenvalue weighted by Crippen LogP contribution is 2.24. The Morgan fingerprint density at radius 1 is 1.50 bits per heavy atom. The molecule has 3 heterocycles. The first-order chi connectivity index (χ1) is 11.5. The Balaban J connectivity index is 1.54. The fourth-order valence-electron chi connectivity index (χ4n) is 2.97. The quantitative estimate of drug-likeness (QED) is 0.859. The van der Waals surface area contributed by atoms with Crippen LogP contribution in [-0.4, -0.2) is 46.2 Å². The average molecular weight is 346 g/mol. The Hall–Kier alpha value is -1.99. The predicted molar refractivity (Wildman–Crippen MR) is 94.2 cm³/mol. The number of anilines is 1. The molecule has 1 amide bonds. The molecule has 2 aromatic rings. The van der Waals surface area contributed by atoms with Crippen molar-refractivity contribution in [3.05, 3.63) is 40.5 Å². The van der Waals surface area contributed by atoms with Crippen molar-refractivity contribution in [2.75, 3.05) is 24.5 Å². The molecule has 0 aromatic carbocycles. The zero-order valence-corrected chi connectivity index (χ0v) is 14.6. The van der Waals surface area contributed by atoms with E-state index >= 15 is 0 Å². The normalized spacial score (nSPS) is 20.8. The third kappa shape index (κ3) is 4.30. The van der Waals surface area contributed by atoms with Gasteiger partial charge < -0.3 is 15.3 Å². The standard InChI is InChI=1S/C17H22N4O2S/c1-13-20-14(10-24-13)9-16(22)19-11-17(23)6-4-8-21(12-17)15-5-2-3-7-18-15/h2-3,5,7,10,23H,4,6,8-9,11-12H2,1H3,(H,19,22)/t17-/m0/s1. The molecule has 1 aliphatic heterocycles. The molecule has 2 N–H and O–H groups in total. The fraction of sp³-hybridized carbons (Fsp3) is 0.471. The maximum absolute atomic E-state index is 12.1. The number of carbonyl (C=O) groups is 1. The van der Waals surface area contributed by atoms with Crippen LogP contribution in [0.5, 0.6) is 0 Å². The minimum absolute atomic E-state index is 0.108. The Morgan fingerprint density at radius 2 is 2.38 bits per heavy atom. The van der Waals surface area contributed by atoms with E-state index in [2.05, 4.69) is 20.2 Å². The van der Waals surface area contributed by atoms with Gasteiger partial charge in [-0.05, 0) is 31.9 Å². The molecule has 0 bridgehead atoms. The van der Waals surface area contributed by atoms with Crippen molar-refractivity contribution < 1.29 is 9.90 Å². The summed E-state index contributed by atoms with van der Waals surface area (Å²) in [6.07, 6.45) is 3.55. The molecule has 0 unspecified atom stereocenters. The van der Waals surface area contributed by atoms with Crippen LogP contribution < -0.4 is 10.2 Å². The molecule has 1 saturated heterocycles. The molecule has 1 atom stereocenters. The first kappa shape index (κ1) is 16.9. The number of carbonyl (C=O) groups excluding carboxylic acids is 1. The highest BCUT2D eigenvalue weighted by molar-refractivity contribution is 7.09. The number of aromatic nitrogens is 2. The van der Waals surface area contributed by atoms with E-state index in [-0.39, 0.29) is 18.9 Å². The number of thiazole rings is 1. The van der Waals surface area contributed by atoms with Gasteiger partial charge in [-0.2, -0.15) is 0 Å². The molecular formula is C17H22N4O2S. The van der Waals surface area contributed by atoms with Crippen molar-refractivity contribution in [3.63, 3.8) is 0 Å². The number of aryl methyl sites for hydroxylation is 1. The van der Waals surface area contributed by atoms with E-state index in [4.69, 9.17) is 0 Å². The lowest BCUT2D eigenvalue weighted by Crippen LogP contribution is -2.54. The van der Waals surface area contributed by atoms with Crippen molar-refractivity contribution in [2.24, 2.45) is 0 Å². The molecule has 128 valence electrons. The molecule has 0 spiro atoms. The van der Waals surface area contributed by atoms with Gasteiger partial charge in [0.2, 0.25) is 5.91 Å². The Bertz CT molecular complexity index is 691. The van der Waals surface area contributed by atoms with Crippen LogP contribution in [0.4, 0.5) is 5.82 Å². The van der Waals surface area contributed by atoms with Gasteiger partial charge in [-0.3, -0.25) is 4.79 Å². The number of β-amino-alcohol motifs (C(OH)–C–C–N with tert-alkyl or cyclic N) is 1. The van der Waals surface area contributed by atoms with Gasteiger partial charge in [0.1, 0.15) is 5.82 Å². The lowest BCUT2D eigenvalue weighted by molar-refractivity contribution is -0.121. The largest absolute Gasteiger partial charge is 0.386 e. The molecule has 6 nitrogen and oxygen atoms in total. The van der Waals surface area contributed by atoms with Crippen LogP contribution in [0.15, 0.2) is 29.8 Å². The number of pyridine rings is 1. The molecule has 0 radical (unpaired) electrons. The SMILES string of the molecule is Cc1nc(CC(=O)NC[C@@]2(O)CCCN(c3ccccn3)C2)cs1. The van der Waals surface area contributed by atoms with Gasteiger partial charge in [-0.1, -0.05) is 6.07 Å². The van der Waals surface area contributed by atoms with Crippen molar-refractivity contribution in [1.29, 1.82) is 0 Å². The number of hydrogen-bond acceptors (Lipinski definition) is 6. The Morgan fingerprint density at radius 3 is 3.08 bits per heavy atom. The van der Waals surface area contributed by atoms with Crippen LogP contribution in [0.3, 0.4) is 0 Å². The van der Waals surface area contributed by atoms with E-state index < -0.39 is 5.60 Å². The van der Waals surface area contributed by atoms with Crippen molar-refractivity contribution >= 4 is 23.1 Å². The topological polar surface area (TPSA) is 78.3 Å². The van der Waals surface area contributed by atoms with Gasteiger partial charge in [0.15, 0.2) is 0 Å². The summed E-state index contributed by atoms with van der Waals surface area (Å²) < 4.78 is 0. The second-order valence-electron chi connectivity index (χ2n) is 6.25. The van der Waals surface area contributed by atoms with Crippen LogP contribution in [0.25, 0.3) is 0 Å². The molecule has 24 heavy (non-hydrogen) atoms. The van der Waals surface area contributed by atoms with Crippen molar-refractivity contribution in [3.8, 4) is 0 Å². The molecular weight excluding hydrogens is 324 g/mol. The number of nitrogens with zero attached hydrogens (tertiary/aromatic N) is 3. The smallest absolute Gasteiger partial charge is 0.226 e. The zero-order valence-electron chi connectivity index (χ0n) is 13.7. The maximum atomic E-state index is 12.1. The molecule has 3 rings (SSSR count). The molecule has 1 aliphatic rings. The number of aliphatic hydroxyl groups is 1. The highest BCUT2D eigenvalue weighted by Gasteiger charge is 2.34. The van der Waals surface area contributed by atoms with E-state index in [1.54, 1.807) is 6.20 Å². The van der Waals surface area contributed by atoms with Gasteiger partial charge in [-0.15, -0.1) is 11.3 Å². The summed E-state index contributed by atoms with van der Waals surface area (Å²) in [6, 6.07) is 5.75. The third-order valence-corrected chi connectivity index (χ3v) is 4.97. The van der Waals surface area contributed by atoms with Crippen LogP contribution in [0, 0.1) is 6.92 Å². The zero-order chi connectivity index (χ0) is 17.0. The molecule has 1 fully saturated rings. The minimum atomic E-state index is -0.927. The monoisotopic (exact) mass is 346 g/mol. The number of hydrogen-bond donors (Lipinski definition) is 2. The van der Waals surface area contributed by atoms with Crippen LogP contribution in [0.2, 0.25) is 0 Å². The van der Waals surface area contributed by atoms with Crippen LogP contribution >= 0.6 is 11.3 Å². The molecule has 0 saturated carbocycles. The summed E-state index contributed by atoms with van der Waals surface area (Å²) >= 11 is 1.54. The number of nitrogens with one attached hydrogen (secondary N) is 1. The van der Waals surface area contributed by atoms with E-state index in [1.807, 2.05) is 30.5 Å². The third-order valence-electron chi connectivity index (χ3n) is 4.15. The van der Waals surface area contributed by atoms with E-state index in [0.29, 0.717) is 13.0 Å². The number of amides is 1. The van der Waals surface area contributed by atoms with Crippen molar-refractivity contribution in [1.82, 2.24) is 15.3 Å². The van der Waals surface area contributed by atoms with E-state index in [0.717, 1.165) is 29.5 Å². The van der Waals surface area contributed by atoms with E-state index in [1.165, 1.54) is 11.3 Å². The van der Waals surface area contributed by atoms with Gasteiger partial charge >= 0.3 is 0 Å². The van der Waals surface area contributed by atoms with Gasteiger partial charge in [0.25, 0.3) is 0 Å². The summed E-state index contributed by atoms with van der Waals surface area (Å²) in [5, 5.41) is 16.5. The summed E-state index contributed by atoms with van der Waals surface area (Å²) in [4.78, 5) is 22.8. The number of rotatable bonds is 5. The average Bonchev–Trinajstić information content (AvgIpc) is 2.99.